The topological polar surface area (TPSA) is 84.6 Å². The zero-order chi connectivity index (χ0) is 13.9. The summed E-state index contributed by atoms with van der Waals surface area (Å²) in [4.78, 5) is 11.1. The van der Waals surface area contributed by atoms with E-state index in [9.17, 15) is 4.79 Å². The van der Waals surface area contributed by atoms with Gasteiger partial charge in [0.1, 0.15) is 11.8 Å². The van der Waals surface area contributed by atoms with Gasteiger partial charge in [-0.25, -0.2) is 0 Å². The van der Waals surface area contributed by atoms with Crippen molar-refractivity contribution in [1.29, 1.82) is 0 Å². The van der Waals surface area contributed by atoms with Crippen LogP contribution in [0.15, 0.2) is 12.1 Å². The first-order valence-electron chi connectivity index (χ1n) is 5.73. The first-order valence-corrected chi connectivity index (χ1v) is 5.73. The van der Waals surface area contributed by atoms with Crippen LogP contribution in [0.5, 0.6) is 5.75 Å². The molecule has 0 aliphatic carbocycles. The number of nitrogens with one attached hydrogen (secondary N) is 1. The minimum absolute atomic E-state index is 0.600. The lowest BCUT2D eigenvalue weighted by atomic mass is 9.93. The van der Waals surface area contributed by atoms with E-state index >= 15 is 0 Å². The fourth-order valence-corrected chi connectivity index (χ4v) is 2.04. The number of carboxylic acids is 1. The average molecular weight is 252 g/mol. The third-order valence-electron chi connectivity index (χ3n) is 3.29. The Morgan fingerprint density at radius 2 is 2.00 bits per heavy atom. The van der Waals surface area contributed by atoms with E-state index in [2.05, 4.69) is 5.32 Å². The van der Waals surface area contributed by atoms with E-state index in [1.165, 1.54) is 0 Å². The van der Waals surface area contributed by atoms with Gasteiger partial charge in [-0.1, -0.05) is 6.07 Å². The molecule has 0 radical (unpaired) electrons. The molecule has 1 rings (SSSR count). The molecule has 5 nitrogen and oxygen atoms in total. The molecule has 2 unspecified atom stereocenters. The van der Waals surface area contributed by atoms with Crippen LogP contribution < -0.4 is 15.8 Å². The Balaban J connectivity index is 3.17. The summed E-state index contributed by atoms with van der Waals surface area (Å²) >= 11 is 0. The number of likely N-dealkylation sites (N-methyl/N-ethyl adjacent to an activating group) is 1. The number of hydrogen-bond donors (Lipinski definition) is 3. The van der Waals surface area contributed by atoms with Crippen LogP contribution in [0.25, 0.3) is 0 Å². The molecule has 18 heavy (non-hydrogen) atoms. The van der Waals surface area contributed by atoms with Gasteiger partial charge in [0.15, 0.2) is 0 Å². The van der Waals surface area contributed by atoms with Crippen molar-refractivity contribution in [3.05, 3.63) is 28.8 Å². The largest absolute Gasteiger partial charge is 0.496 e. The van der Waals surface area contributed by atoms with Crippen LogP contribution in [0, 0.1) is 13.8 Å². The van der Waals surface area contributed by atoms with Crippen molar-refractivity contribution >= 4 is 5.97 Å². The zero-order valence-corrected chi connectivity index (χ0v) is 11.2. The highest BCUT2D eigenvalue weighted by Gasteiger charge is 2.26. The molecular formula is C13H20N2O3. The lowest BCUT2D eigenvalue weighted by molar-refractivity contribution is -0.139. The van der Waals surface area contributed by atoms with Gasteiger partial charge in [-0.15, -0.1) is 0 Å². The number of methoxy groups -OCH3 is 1. The highest BCUT2D eigenvalue weighted by molar-refractivity contribution is 5.75. The predicted molar refractivity (Wildman–Crippen MR) is 69.9 cm³/mol. The van der Waals surface area contributed by atoms with Gasteiger partial charge in [-0.2, -0.15) is 0 Å². The van der Waals surface area contributed by atoms with Crippen LogP contribution in [0.3, 0.4) is 0 Å². The Bertz CT molecular complexity index is 446. The summed E-state index contributed by atoms with van der Waals surface area (Å²) in [5, 5.41) is 11.8. The highest BCUT2D eigenvalue weighted by Crippen LogP contribution is 2.28. The average Bonchev–Trinajstić information content (AvgIpc) is 2.32. The van der Waals surface area contributed by atoms with Crippen molar-refractivity contribution in [3.8, 4) is 5.75 Å². The van der Waals surface area contributed by atoms with E-state index < -0.39 is 18.1 Å². The van der Waals surface area contributed by atoms with E-state index in [-0.39, 0.29) is 0 Å². The second-order valence-electron chi connectivity index (χ2n) is 4.24. The summed E-state index contributed by atoms with van der Waals surface area (Å²) in [5.74, 6) is -0.183. The molecule has 0 saturated carbocycles. The van der Waals surface area contributed by atoms with Crippen molar-refractivity contribution in [2.75, 3.05) is 14.2 Å². The van der Waals surface area contributed by atoms with Crippen molar-refractivity contribution < 1.29 is 14.6 Å². The number of nitrogens with two attached hydrogens (primary N) is 1. The monoisotopic (exact) mass is 252 g/mol. The SMILES string of the molecule is CNC(C(=O)O)C(N)c1ccc(OC)c(C)c1C. The van der Waals surface area contributed by atoms with Gasteiger partial charge in [0.25, 0.3) is 0 Å². The van der Waals surface area contributed by atoms with E-state index in [1.54, 1.807) is 14.2 Å². The molecular weight excluding hydrogens is 232 g/mol. The normalized spacial score (nSPS) is 14.1. The van der Waals surface area contributed by atoms with Crippen LogP contribution in [-0.4, -0.2) is 31.3 Å². The molecule has 5 heteroatoms. The number of benzene rings is 1. The highest BCUT2D eigenvalue weighted by atomic mass is 16.5. The molecule has 2 atom stereocenters. The third kappa shape index (κ3) is 2.63. The summed E-state index contributed by atoms with van der Waals surface area (Å²) in [6, 6.07) is 2.22. The van der Waals surface area contributed by atoms with Gasteiger partial charge >= 0.3 is 5.97 Å². The maximum Gasteiger partial charge on any atom is 0.322 e. The molecule has 0 aromatic heterocycles. The Kier molecular flexibility index (Phi) is 4.69. The minimum atomic E-state index is -0.960. The number of carbonyl (C=O) groups is 1. The molecule has 0 spiro atoms. The van der Waals surface area contributed by atoms with E-state index in [0.29, 0.717) is 0 Å². The Labute approximate surface area is 107 Å². The van der Waals surface area contributed by atoms with Crippen LogP contribution in [0.2, 0.25) is 0 Å². The van der Waals surface area contributed by atoms with Gasteiger partial charge in [0.05, 0.1) is 13.2 Å². The summed E-state index contributed by atoms with van der Waals surface area (Å²) in [6.45, 7) is 3.85. The quantitative estimate of drug-likeness (QED) is 0.727. The van der Waals surface area contributed by atoms with Crippen molar-refractivity contribution in [2.24, 2.45) is 5.73 Å². The van der Waals surface area contributed by atoms with Crippen molar-refractivity contribution in [3.63, 3.8) is 0 Å². The minimum Gasteiger partial charge on any atom is -0.496 e. The molecule has 0 fully saturated rings. The predicted octanol–water partition coefficient (Wildman–Crippen LogP) is 0.984. The maximum atomic E-state index is 11.1. The third-order valence-corrected chi connectivity index (χ3v) is 3.29. The molecule has 0 aliphatic rings. The van der Waals surface area contributed by atoms with Crippen molar-refractivity contribution in [2.45, 2.75) is 25.9 Å². The van der Waals surface area contributed by atoms with Gasteiger partial charge in [0.2, 0.25) is 0 Å². The Hall–Kier alpha value is -1.59. The van der Waals surface area contributed by atoms with Crippen LogP contribution >= 0.6 is 0 Å². The van der Waals surface area contributed by atoms with Gasteiger partial charge in [0, 0.05) is 0 Å². The first kappa shape index (κ1) is 14.5. The smallest absolute Gasteiger partial charge is 0.322 e. The van der Waals surface area contributed by atoms with Crippen molar-refractivity contribution in [1.82, 2.24) is 5.32 Å². The van der Waals surface area contributed by atoms with Gasteiger partial charge < -0.3 is 20.9 Å². The maximum absolute atomic E-state index is 11.1. The fraction of sp³-hybridized carbons (Fsp3) is 0.462. The second kappa shape index (κ2) is 5.84. The number of carboxylic acid groups (broad SMARTS) is 1. The summed E-state index contributed by atoms with van der Waals surface area (Å²) < 4.78 is 5.22. The molecule has 100 valence electrons. The lowest BCUT2D eigenvalue weighted by Gasteiger charge is -2.23. The molecule has 0 aliphatic heterocycles. The van der Waals surface area contributed by atoms with Crippen LogP contribution in [0.1, 0.15) is 22.7 Å². The molecule has 0 amide bonds. The molecule has 0 bridgehead atoms. The summed E-state index contributed by atoms with van der Waals surface area (Å²) in [5.41, 5.74) is 8.78. The number of ether oxygens (including phenoxy) is 1. The molecule has 1 aromatic rings. The molecule has 0 saturated heterocycles. The van der Waals surface area contributed by atoms with Crippen LogP contribution in [-0.2, 0) is 4.79 Å². The lowest BCUT2D eigenvalue weighted by Crippen LogP contribution is -2.43. The van der Waals surface area contributed by atoms with E-state index in [4.69, 9.17) is 15.6 Å². The van der Waals surface area contributed by atoms with E-state index in [0.717, 1.165) is 22.4 Å². The number of hydrogen-bond acceptors (Lipinski definition) is 4. The Morgan fingerprint density at radius 1 is 1.39 bits per heavy atom. The standard InChI is InChI=1S/C13H20N2O3/c1-7-8(2)10(18-4)6-5-9(7)11(14)12(15-3)13(16)17/h5-6,11-12,15H,14H2,1-4H3,(H,16,17). The summed E-state index contributed by atoms with van der Waals surface area (Å²) in [7, 11) is 3.19. The van der Waals surface area contributed by atoms with Gasteiger partial charge in [-0.3, -0.25) is 4.79 Å². The summed E-state index contributed by atoms with van der Waals surface area (Å²) in [6.07, 6.45) is 0. The molecule has 1 aromatic carbocycles. The Morgan fingerprint density at radius 3 is 2.44 bits per heavy atom. The zero-order valence-electron chi connectivity index (χ0n) is 11.2. The molecule has 0 heterocycles. The van der Waals surface area contributed by atoms with Crippen LogP contribution in [0.4, 0.5) is 0 Å². The fourth-order valence-electron chi connectivity index (χ4n) is 2.04. The first-order chi connectivity index (χ1) is 8.43. The molecule has 4 N–H and O–H groups in total. The second-order valence-corrected chi connectivity index (χ2v) is 4.24. The van der Waals surface area contributed by atoms with Gasteiger partial charge in [-0.05, 0) is 43.7 Å². The number of rotatable bonds is 5. The van der Waals surface area contributed by atoms with E-state index in [1.807, 2.05) is 26.0 Å². The number of aliphatic carboxylic acids is 1.